The molecule has 5 nitrogen and oxygen atoms in total. The van der Waals surface area contributed by atoms with Gasteiger partial charge >= 0.3 is 0 Å². The molecule has 0 fully saturated rings. The van der Waals surface area contributed by atoms with Crippen LogP contribution in [0.1, 0.15) is 36.7 Å². The fraction of sp³-hybridized carbons (Fsp3) is 0.286. The highest BCUT2D eigenvalue weighted by molar-refractivity contribution is 6.10. The number of carbonyl (C=O) groups excluding carboxylic acids is 3. The highest BCUT2D eigenvalue weighted by atomic mass is 19.1. The van der Waals surface area contributed by atoms with Crippen molar-refractivity contribution in [2.75, 3.05) is 11.9 Å². The molecule has 0 aromatic heterocycles. The van der Waals surface area contributed by atoms with Crippen molar-refractivity contribution in [1.82, 2.24) is 5.32 Å². The summed E-state index contributed by atoms with van der Waals surface area (Å²) >= 11 is 0. The third kappa shape index (κ3) is 5.23. The monoisotopic (exact) mass is 370 g/mol. The van der Waals surface area contributed by atoms with E-state index >= 15 is 0 Å². The highest BCUT2D eigenvalue weighted by Crippen LogP contribution is 2.20. The van der Waals surface area contributed by atoms with Gasteiger partial charge in [0.05, 0.1) is 0 Å². The number of rotatable bonds is 7. The molecule has 0 radical (unpaired) electrons. The number of halogens is 1. The summed E-state index contributed by atoms with van der Waals surface area (Å²) in [5.41, 5.74) is 0.232. The van der Waals surface area contributed by atoms with E-state index < -0.39 is 17.2 Å². The van der Waals surface area contributed by atoms with Gasteiger partial charge in [-0.2, -0.15) is 0 Å². The number of amides is 2. The fourth-order valence-corrected chi connectivity index (χ4v) is 2.41. The van der Waals surface area contributed by atoms with Crippen LogP contribution >= 0.6 is 0 Å². The maximum absolute atomic E-state index is 13.6. The number of ketones is 1. The zero-order chi connectivity index (χ0) is 20.0. The summed E-state index contributed by atoms with van der Waals surface area (Å²) in [6.07, 6.45) is 0.336. The molecule has 0 atom stereocenters. The van der Waals surface area contributed by atoms with Crippen LogP contribution in [0.5, 0.6) is 0 Å². The van der Waals surface area contributed by atoms with Crippen molar-refractivity contribution in [2.24, 2.45) is 5.41 Å². The molecule has 27 heavy (non-hydrogen) atoms. The van der Waals surface area contributed by atoms with Crippen LogP contribution in [0.25, 0.3) is 0 Å². The summed E-state index contributed by atoms with van der Waals surface area (Å²) in [5, 5.41) is 5.35. The van der Waals surface area contributed by atoms with Crippen molar-refractivity contribution in [3.8, 4) is 0 Å². The van der Waals surface area contributed by atoms with Gasteiger partial charge in [-0.1, -0.05) is 18.2 Å². The standard InChI is InChI=1S/C21H23FN2O3/c1-14(25)15-8-10-17(11-9-15)24-20(27)21(2,3)19(26)23-13-12-16-6-4-5-7-18(16)22/h4-11H,12-13H2,1-3H3,(H,23,26)(H,24,27). The summed E-state index contributed by atoms with van der Waals surface area (Å²) in [4.78, 5) is 36.2. The molecule has 0 saturated carbocycles. The maximum Gasteiger partial charge on any atom is 0.239 e. The van der Waals surface area contributed by atoms with Gasteiger partial charge in [0.2, 0.25) is 11.8 Å². The van der Waals surface area contributed by atoms with E-state index in [1.165, 1.54) is 26.8 Å². The molecule has 0 aliphatic carbocycles. The Hall–Kier alpha value is -3.02. The van der Waals surface area contributed by atoms with Crippen LogP contribution in [0.4, 0.5) is 10.1 Å². The van der Waals surface area contributed by atoms with E-state index in [0.717, 1.165) is 0 Å². The lowest BCUT2D eigenvalue weighted by Gasteiger charge is -2.23. The van der Waals surface area contributed by atoms with E-state index in [0.29, 0.717) is 23.2 Å². The third-order valence-corrected chi connectivity index (χ3v) is 4.32. The van der Waals surface area contributed by atoms with Gasteiger partial charge < -0.3 is 10.6 Å². The average Bonchev–Trinajstić information content (AvgIpc) is 2.63. The first kappa shape index (κ1) is 20.3. The van der Waals surface area contributed by atoms with Crippen LogP contribution in [-0.2, 0) is 16.0 Å². The number of hydrogen-bond acceptors (Lipinski definition) is 3. The lowest BCUT2D eigenvalue weighted by atomic mass is 9.90. The number of Topliss-reactive ketones (excluding diaryl/α,β-unsaturated/α-hetero) is 1. The van der Waals surface area contributed by atoms with Gasteiger partial charge in [0.1, 0.15) is 11.2 Å². The summed E-state index contributed by atoms with van der Waals surface area (Å²) < 4.78 is 13.6. The largest absolute Gasteiger partial charge is 0.355 e. The molecule has 142 valence electrons. The summed E-state index contributed by atoms with van der Waals surface area (Å²) in [6, 6.07) is 12.8. The van der Waals surface area contributed by atoms with Gasteiger partial charge in [-0.05, 0) is 63.1 Å². The molecule has 2 amide bonds. The van der Waals surface area contributed by atoms with E-state index in [2.05, 4.69) is 10.6 Å². The van der Waals surface area contributed by atoms with Gasteiger partial charge in [0, 0.05) is 17.8 Å². The third-order valence-electron chi connectivity index (χ3n) is 4.32. The molecular weight excluding hydrogens is 347 g/mol. The van der Waals surface area contributed by atoms with Crippen molar-refractivity contribution >= 4 is 23.3 Å². The lowest BCUT2D eigenvalue weighted by Crippen LogP contribution is -2.45. The SMILES string of the molecule is CC(=O)c1ccc(NC(=O)C(C)(C)C(=O)NCCc2ccccc2F)cc1. The molecule has 6 heteroatoms. The minimum absolute atomic E-state index is 0.0672. The van der Waals surface area contributed by atoms with E-state index in [-0.39, 0.29) is 18.1 Å². The second-order valence-electron chi connectivity index (χ2n) is 6.81. The normalized spacial score (nSPS) is 11.0. The Morgan fingerprint density at radius 3 is 2.19 bits per heavy atom. The predicted octanol–water partition coefficient (Wildman–Crippen LogP) is 3.35. The van der Waals surface area contributed by atoms with Crippen molar-refractivity contribution in [1.29, 1.82) is 0 Å². The van der Waals surface area contributed by atoms with Crippen LogP contribution in [0.2, 0.25) is 0 Å². The predicted molar refractivity (Wildman–Crippen MR) is 102 cm³/mol. The number of benzene rings is 2. The maximum atomic E-state index is 13.6. The number of hydrogen-bond donors (Lipinski definition) is 2. The van der Waals surface area contributed by atoms with Crippen molar-refractivity contribution < 1.29 is 18.8 Å². The topological polar surface area (TPSA) is 75.3 Å². The first-order chi connectivity index (χ1) is 12.7. The van der Waals surface area contributed by atoms with Gasteiger partial charge in [-0.15, -0.1) is 0 Å². The molecule has 0 saturated heterocycles. The number of anilines is 1. The van der Waals surface area contributed by atoms with Crippen molar-refractivity contribution in [3.63, 3.8) is 0 Å². The summed E-state index contributed by atoms with van der Waals surface area (Å²) in [6.45, 7) is 4.72. The minimum Gasteiger partial charge on any atom is -0.355 e. The van der Waals surface area contributed by atoms with Crippen LogP contribution in [0.3, 0.4) is 0 Å². The molecule has 0 unspecified atom stereocenters. The first-order valence-electron chi connectivity index (χ1n) is 8.66. The smallest absolute Gasteiger partial charge is 0.239 e. The Bertz CT molecular complexity index is 845. The highest BCUT2D eigenvalue weighted by Gasteiger charge is 2.35. The average molecular weight is 370 g/mol. The summed E-state index contributed by atoms with van der Waals surface area (Å²) in [5.74, 6) is -1.31. The lowest BCUT2D eigenvalue weighted by molar-refractivity contribution is -0.138. The minimum atomic E-state index is -1.31. The van der Waals surface area contributed by atoms with Crippen LogP contribution in [-0.4, -0.2) is 24.1 Å². The zero-order valence-corrected chi connectivity index (χ0v) is 15.6. The van der Waals surface area contributed by atoms with Gasteiger partial charge in [-0.25, -0.2) is 4.39 Å². The van der Waals surface area contributed by atoms with E-state index in [1.807, 2.05) is 0 Å². The molecule has 0 aliphatic rings. The molecule has 0 aliphatic heterocycles. The van der Waals surface area contributed by atoms with E-state index in [9.17, 15) is 18.8 Å². The first-order valence-corrected chi connectivity index (χ1v) is 8.66. The van der Waals surface area contributed by atoms with Crippen LogP contribution < -0.4 is 10.6 Å². The Labute approximate surface area is 158 Å². The number of carbonyl (C=O) groups is 3. The molecule has 0 spiro atoms. The molecule has 2 aromatic carbocycles. The van der Waals surface area contributed by atoms with E-state index in [4.69, 9.17) is 0 Å². The Kier molecular flexibility index (Phi) is 6.45. The molecule has 0 bridgehead atoms. The second-order valence-corrected chi connectivity index (χ2v) is 6.81. The zero-order valence-electron chi connectivity index (χ0n) is 15.6. The Balaban J connectivity index is 1.92. The van der Waals surface area contributed by atoms with Crippen LogP contribution in [0, 0.1) is 11.2 Å². The second kappa shape index (κ2) is 8.58. The van der Waals surface area contributed by atoms with Gasteiger partial charge in [0.15, 0.2) is 5.78 Å². The molecule has 2 aromatic rings. The molecule has 2 rings (SSSR count). The van der Waals surface area contributed by atoms with Gasteiger partial charge in [-0.3, -0.25) is 14.4 Å². The molecular formula is C21H23FN2O3. The number of nitrogens with one attached hydrogen (secondary N) is 2. The quantitative estimate of drug-likeness (QED) is 0.580. The summed E-state index contributed by atoms with van der Waals surface area (Å²) in [7, 11) is 0. The van der Waals surface area contributed by atoms with E-state index in [1.54, 1.807) is 42.5 Å². The van der Waals surface area contributed by atoms with Crippen molar-refractivity contribution in [3.05, 3.63) is 65.5 Å². The van der Waals surface area contributed by atoms with Gasteiger partial charge in [0.25, 0.3) is 0 Å². The Morgan fingerprint density at radius 2 is 1.59 bits per heavy atom. The Morgan fingerprint density at radius 1 is 0.963 bits per heavy atom. The molecule has 0 heterocycles. The van der Waals surface area contributed by atoms with Crippen molar-refractivity contribution in [2.45, 2.75) is 27.2 Å². The fourth-order valence-electron chi connectivity index (χ4n) is 2.41. The van der Waals surface area contributed by atoms with Crippen LogP contribution in [0.15, 0.2) is 48.5 Å². The molecule has 2 N–H and O–H groups in total.